The zero-order valence-electron chi connectivity index (χ0n) is 16.3. The third-order valence-corrected chi connectivity index (χ3v) is 6.50. The number of hydrogen-bond donors (Lipinski definition) is 1. The zero-order valence-corrected chi connectivity index (χ0v) is 18.6. The van der Waals surface area contributed by atoms with Gasteiger partial charge in [0.05, 0.1) is 11.2 Å². The molecule has 0 atom stereocenters. The molecule has 0 radical (unpaired) electrons. The highest BCUT2D eigenvalue weighted by atomic mass is 79.9. The van der Waals surface area contributed by atoms with Crippen molar-refractivity contribution in [2.24, 2.45) is 0 Å². The van der Waals surface area contributed by atoms with E-state index in [2.05, 4.69) is 74.3 Å². The van der Waals surface area contributed by atoms with E-state index in [0.717, 1.165) is 64.5 Å². The van der Waals surface area contributed by atoms with Crippen molar-refractivity contribution in [3.05, 3.63) is 63.7 Å². The number of piperazine rings is 1. The summed E-state index contributed by atoms with van der Waals surface area (Å²) >= 11 is 9.90. The molecule has 1 aliphatic heterocycles. The maximum Gasteiger partial charge on any atom is 0.0734 e. The summed E-state index contributed by atoms with van der Waals surface area (Å²) < 4.78 is 1.06. The number of nitrogens with one attached hydrogen (secondary N) is 1. The maximum atomic E-state index is 6.30. The summed E-state index contributed by atoms with van der Waals surface area (Å²) in [4.78, 5) is 13.3. The van der Waals surface area contributed by atoms with Crippen LogP contribution in [-0.4, -0.2) is 53.0 Å². The maximum absolute atomic E-state index is 6.30. The molecule has 0 spiro atoms. The molecule has 1 saturated heterocycles. The zero-order chi connectivity index (χ0) is 20.0. The SMILES string of the molecule is CN1CCN(Cc2cc(-c3c[nH]c4ccc(Br)cc34)nc3cc(Cl)ccc23)CC1. The van der Waals surface area contributed by atoms with Gasteiger partial charge in [0.25, 0.3) is 0 Å². The number of rotatable bonds is 3. The van der Waals surface area contributed by atoms with Crippen molar-refractivity contribution >= 4 is 49.3 Å². The van der Waals surface area contributed by atoms with Crippen LogP contribution in [0, 0.1) is 0 Å². The van der Waals surface area contributed by atoms with E-state index in [4.69, 9.17) is 16.6 Å². The summed E-state index contributed by atoms with van der Waals surface area (Å²) in [6.45, 7) is 5.32. The standard InChI is InChI=1S/C23H22BrClN4/c1-28-6-8-29(9-7-28)14-15-10-22(27-23-12-17(25)3-4-18(15)23)20-13-26-21-5-2-16(24)11-19(20)21/h2-5,10-13,26H,6-9,14H2,1H3. The van der Waals surface area contributed by atoms with Crippen molar-refractivity contribution < 1.29 is 0 Å². The predicted molar refractivity (Wildman–Crippen MR) is 125 cm³/mol. The van der Waals surface area contributed by atoms with Crippen molar-refractivity contribution in [3.63, 3.8) is 0 Å². The van der Waals surface area contributed by atoms with Crippen LogP contribution in [0.4, 0.5) is 0 Å². The molecule has 1 N–H and O–H groups in total. The molecule has 29 heavy (non-hydrogen) atoms. The van der Waals surface area contributed by atoms with Crippen molar-refractivity contribution in [2.45, 2.75) is 6.54 Å². The second-order valence-electron chi connectivity index (χ2n) is 7.80. The van der Waals surface area contributed by atoms with Gasteiger partial charge in [0.2, 0.25) is 0 Å². The van der Waals surface area contributed by atoms with Crippen LogP contribution in [0.1, 0.15) is 5.56 Å². The monoisotopic (exact) mass is 468 g/mol. The van der Waals surface area contributed by atoms with Crippen LogP contribution < -0.4 is 0 Å². The van der Waals surface area contributed by atoms with Crippen LogP contribution in [0.2, 0.25) is 5.02 Å². The number of halogens is 2. The molecule has 0 amide bonds. The molecule has 4 nitrogen and oxygen atoms in total. The molecule has 3 heterocycles. The fourth-order valence-electron chi connectivity index (χ4n) is 4.09. The Kier molecular flexibility index (Phi) is 5.08. The Balaban J connectivity index is 1.63. The first-order valence-electron chi connectivity index (χ1n) is 9.84. The minimum atomic E-state index is 0.717. The van der Waals surface area contributed by atoms with E-state index < -0.39 is 0 Å². The lowest BCUT2D eigenvalue weighted by Gasteiger charge is -2.32. The second-order valence-corrected chi connectivity index (χ2v) is 9.15. The van der Waals surface area contributed by atoms with Crippen molar-refractivity contribution in [1.82, 2.24) is 19.8 Å². The Morgan fingerprint density at radius 3 is 2.69 bits per heavy atom. The summed E-state index contributed by atoms with van der Waals surface area (Å²) in [7, 11) is 2.19. The van der Waals surface area contributed by atoms with Gasteiger partial charge in [0.15, 0.2) is 0 Å². The summed E-state index contributed by atoms with van der Waals surface area (Å²) in [6.07, 6.45) is 2.05. The van der Waals surface area contributed by atoms with Gasteiger partial charge in [-0.1, -0.05) is 33.6 Å². The van der Waals surface area contributed by atoms with E-state index in [1.54, 1.807) is 0 Å². The van der Waals surface area contributed by atoms with Gasteiger partial charge in [-0.2, -0.15) is 0 Å². The Morgan fingerprint density at radius 1 is 1.03 bits per heavy atom. The lowest BCUT2D eigenvalue weighted by Crippen LogP contribution is -2.43. The van der Waals surface area contributed by atoms with Gasteiger partial charge in [-0.25, -0.2) is 4.98 Å². The summed E-state index contributed by atoms with van der Waals surface area (Å²) in [6, 6.07) is 14.6. The van der Waals surface area contributed by atoms with E-state index in [-0.39, 0.29) is 0 Å². The van der Waals surface area contributed by atoms with Crippen molar-refractivity contribution in [3.8, 4) is 11.3 Å². The average Bonchev–Trinajstić information content (AvgIpc) is 3.12. The number of benzene rings is 2. The summed E-state index contributed by atoms with van der Waals surface area (Å²) in [5.41, 5.74) is 5.45. The molecular formula is C23H22BrClN4. The number of pyridine rings is 1. The Hall–Kier alpha value is -1.92. The molecule has 0 aliphatic carbocycles. The van der Waals surface area contributed by atoms with Crippen LogP contribution in [0.3, 0.4) is 0 Å². The number of H-pyrrole nitrogens is 1. The van der Waals surface area contributed by atoms with Gasteiger partial charge >= 0.3 is 0 Å². The number of fused-ring (bicyclic) bond motifs is 2. The highest BCUT2D eigenvalue weighted by molar-refractivity contribution is 9.10. The minimum Gasteiger partial charge on any atom is -0.360 e. The van der Waals surface area contributed by atoms with Crippen LogP contribution in [0.15, 0.2) is 53.1 Å². The first-order chi connectivity index (χ1) is 14.1. The molecule has 4 aromatic rings. The molecule has 1 fully saturated rings. The molecule has 2 aromatic heterocycles. The molecule has 0 saturated carbocycles. The molecule has 0 unspecified atom stereocenters. The van der Waals surface area contributed by atoms with Crippen LogP contribution in [-0.2, 0) is 6.54 Å². The van der Waals surface area contributed by atoms with Crippen molar-refractivity contribution in [2.75, 3.05) is 33.2 Å². The number of hydrogen-bond acceptors (Lipinski definition) is 3. The third-order valence-electron chi connectivity index (χ3n) is 5.77. The third kappa shape index (κ3) is 3.80. The number of aromatic amines is 1. The average molecular weight is 470 g/mol. The number of likely N-dealkylation sites (N-methyl/N-ethyl adjacent to an activating group) is 1. The van der Waals surface area contributed by atoms with Crippen LogP contribution >= 0.6 is 27.5 Å². The first-order valence-corrected chi connectivity index (χ1v) is 11.0. The smallest absolute Gasteiger partial charge is 0.0734 e. The van der Waals surface area contributed by atoms with E-state index in [1.807, 2.05) is 12.1 Å². The number of nitrogens with zero attached hydrogens (tertiary/aromatic N) is 3. The molecule has 1 aliphatic rings. The second kappa shape index (κ2) is 7.73. The lowest BCUT2D eigenvalue weighted by atomic mass is 10.0. The normalized spacial score (nSPS) is 16.1. The largest absolute Gasteiger partial charge is 0.360 e. The van der Waals surface area contributed by atoms with Gasteiger partial charge in [0, 0.05) is 70.3 Å². The van der Waals surface area contributed by atoms with Crippen molar-refractivity contribution in [1.29, 1.82) is 0 Å². The first kappa shape index (κ1) is 19.1. The van der Waals surface area contributed by atoms with Crippen LogP contribution in [0.5, 0.6) is 0 Å². The fraction of sp³-hybridized carbons (Fsp3) is 0.261. The van der Waals surface area contributed by atoms with Gasteiger partial charge < -0.3 is 9.88 Å². The summed E-state index contributed by atoms with van der Waals surface area (Å²) in [5.74, 6) is 0. The van der Waals surface area contributed by atoms with Gasteiger partial charge in [-0.05, 0) is 49.0 Å². The quantitative estimate of drug-likeness (QED) is 0.427. The number of aromatic nitrogens is 2. The minimum absolute atomic E-state index is 0.717. The topological polar surface area (TPSA) is 35.2 Å². The van der Waals surface area contributed by atoms with Gasteiger partial charge in [-0.15, -0.1) is 0 Å². The van der Waals surface area contributed by atoms with Gasteiger partial charge in [0.1, 0.15) is 0 Å². The van der Waals surface area contributed by atoms with E-state index in [9.17, 15) is 0 Å². The predicted octanol–water partition coefficient (Wildman–Crippen LogP) is 5.55. The molecule has 0 bridgehead atoms. The Labute approximate surface area is 183 Å². The lowest BCUT2D eigenvalue weighted by molar-refractivity contribution is 0.148. The van der Waals surface area contributed by atoms with Gasteiger partial charge in [-0.3, -0.25) is 4.90 Å². The highest BCUT2D eigenvalue weighted by Crippen LogP contribution is 2.33. The Bertz CT molecular complexity index is 1190. The molecular weight excluding hydrogens is 448 g/mol. The van der Waals surface area contributed by atoms with E-state index >= 15 is 0 Å². The molecule has 6 heteroatoms. The van der Waals surface area contributed by atoms with E-state index in [0.29, 0.717) is 0 Å². The fourth-order valence-corrected chi connectivity index (χ4v) is 4.62. The van der Waals surface area contributed by atoms with E-state index in [1.165, 1.54) is 16.3 Å². The Morgan fingerprint density at radius 2 is 1.86 bits per heavy atom. The molecule has 5 rings (SSSR count). The molecule has 2 aromatic carbocycles. The molecule has 148 valence electrons. The summed E-state index contributed by atoms with van der Waals surface area (Å²) in [5, 5.41) is 3.06. The highest BCUT2D eigenvalue weighted by Gasteiger charge is 2.17. The van der Waals surface area contributed by atoms with Crippen LogP contribution in [0.25, 0.3) is 33.1 Å².